The zero-order valence-electron chi connectivity index (χ0n) is 11.7. The number of fused-ring (bicyclic) bond motifs is 1. The van der Waals surface area contributed by atoms with Crippen molar-refractivity contribution in [2.45, 2.75) is 19.4 Å². The van der Waals surface area contributed by atoms with Gasteiger partial charge in [-0.05, 0) is 36.1 Å². The van der Waals surface area contributed by atoms with Crippen molar-refractivity contribution in [2.24, 2.45) is 10.9 Å². The fourth-order valence-electron chi connectivity index (χ4n) is 2.73. The highest BCUT2D eigenvalue weighted by Crippen LogP contribution is 2.23. The average Bonchev–Trinajstić information content (AvgIpc) is 2.76. The number of aromatic nitrogens is 1. The molecule has 3 rings (SSSR count). The minimum atomic E-state index is 0.0343. The van der Waals surface area contributed by atoms with Crippen LogP contribution in [0.5, 0.6) is 0 Å². The SMILES string of the molecule is NC(=NO)c1cc(N2CCCc3ccccc3C2)ccn1. The molecule has 0 amide bonds. The molecule has 0 radical (unpaired) electrons. The van der Waals surface area contributed by atoms with Gasteiger partial charge in [-0.25, -0.2) is 0 Å². The first-order valence-corrected chi connectivity index (χ1v) is 7.03. The van der Waals surface area contributed by atoms with E-state index in [-0.39, 0.29) is 5.84 Å². The minimum absolute atomic E-state index is 0.0343. The number of aryl methyl sites for hydroxylation is 1. The summed E-state index contributed by atoms with van der Waals surface area (Å²) in [5, 5.41) is 11.8. The van der Waals surface area contributed by atoms with Crippen molar-refractivity contribution < 1.29 is 5.21 Å². The molecule has 5 heteroatoms. The molecule has 108 valence electrons. The maximum atomic E-state index is 8.77. The lowest BCUT2D eigenvalue weighted by Crippen LogP contribution is -2.23. The normalized spacial score (nSPS) is 15.4. The van der Waals surface area contributed by atoms with E-state index in [0.717, 1.165) is 31.6 Å². The summed E-state index contributed by atoms with van der Waals surface area (Å²) < 4.78 is 0. The third-order valence-corrected chi connectivity index (χ3v) is 3.83. The van der Waals surface area contributed by atoms with E-state index in [1.165, 1.54) is 11.1 Å². The number of anilines is 1. The molecule has 0 unspecified atom stereocenters. The molecule has 0 aliphatic carbocycles. The van der Waals surface area contributed by atoms with Crippen molar-refractivity contribution in [1.29, 1.82) is 0 Å². The first-order chi connectivity index (χ1) is 10.3. The number of rotatable bonds is 2. The van der Waals surface area contributed by atoms with Crippen LogP contribution in [0.4, 0.5) is 5.69 Å². The molecular weight excluding hydrogens is 264 g/mol. The van der Waals surface area contributed by atoms with E-state index in [1.807, 2.05) is 12.1 Å². The molecule has 0 fully saturated rings. The maximum absolute atomic E-state index is 8.77. The highest BCUT2D eigenvalue weighted by Gasteiger charge is 2.15. The lowest BCUT2D eigenvalue weighted by molar-refractivity contribution is 0.318. The van der Waals surface area contributed by atoms with E-state index in [0.29, 0.717) is 5.69 Å². The van der Waals surface area contributed by atoms with Crippen LogP contribution in [0, 0.1) is 0 Å². The summed E-state index contributed by atoms with van der Waals surface area (Å²) in [4.78, 5) is 6.44. The van der Waals surface area contributed by atoms with Crippen LogP contribution >= 0.6 is 0 Å². The molecule has 0 saturated heterocycles. The van der Waals surface area contributed by atoms with Crippen molar-refractivity contribution >= 4 is 11.5 Å². The van der Waals surface area contributed by atoms with Crippen LogP contribution in [0.3, 0.4) is 0 Å². The zero-order valence-corrected chi connectivity index (χ0v) is 11.7. The Bertz CT molecular complexity index is 669. The predicted octanol–water partition coefficient (Wildman–Crippen LogP) is 2.13. The van der Waals surface area contributed by atoms with Gasteiger partial charge in [-0.15, -0.1) is 0 Å². The number of pyridine rings is 1. The fourth-order valence-corrected chi connectivity index (χ4v) is 2.73. The summed E-state index contributed by atoms with van der Waals surface area (Å²) in [5.41, 5.74) is 9.94. The first kappa shape index (κ1) is 13.4. The summed E-state index contributed by atoms with van der Waals surface area (Å²) in [5.74, 6) is 0.0343. The van der Waals surface area contributed by atoms with E-state index in [9.17, 15) is 0 Å². The molecule has 0 spiro atoms. The third kappa shape index (κ3) is 2.81. The summed E-state index contributed by atoms with van der Waals surface area (Å²) in [6.45, 7) is 1.85. The Kier molecular flexibility index (Phi) is 3.73. The van der Waals surface area contributed by atoms with Crippen molar-refractivity contribution in [2.75, 3.05) is 11.4 Å². The maximum Gasteiger partial charge on any atom is 0.188 e. The summed E-state index contributed by atoms with van der Waals surface area (Å²) >= 11 is 0. The summed E-state index contributed by atoms with van der Waals surface area (Å²) in [6, 6.07) is 12.4. The van der Waals surface area contributed by atoms with E-state index in [1.54, 1.807) is 6.20 Å². The molecule has 21 heavy (non-hydrogen) atoms. The van der Waals surface area contributed by atoms with Gasteiger partial charge in [0.05, 0.1) is 0 Å². The Morgan fingerprint density at radius 2 is 2.05 bits per heavy atom. The highest BCUT2D eigenvalue weighted by molar-refractivity contribution is 5.95. The lowest BCUT2D eigenvalue weighted by Gasteiger charge is -2.23. The van der Waals surface area contributed by atoms with E-state index in [4.69, 9.17) is 10.9 Å². The number of hydrogen-bond donors (Lipinski definition) is 2. The standard InChI is InChI=1S/C16H18N4O/c17-16(19-21)15-10-14(7-8-18-15)20-9-3-6-12-4-1-2-5-13(12)11-20/h1-2,4-5,7-8,10,21H,3,6,9,11H2,(H2,17,19). The quantitative estimate of drug-likeness (QED) is 0.383. The molecule has 1 aromatic heterocycles. The van der Waals surface area contributed by atoms with E-state index >= 15 is 0 Å². The van der Waals surface area contributed by atoms with Crippen LogP contribution in [0.25, 0.3) is 0 Å². The monoisotopic (exact) mass is 282 g/mol. The topological polar surface area (TPSA) is 74.7 Å². The minimum Gasteiger partial charge on any atom is -0.409 e. The molecule has 1 aromatic carbocycles. The second-order valence-electron chi connectivity index (χ2n) is 5.18. The molecular formula is C16H18N4O. The van der Waals surface area contributed by atoms with Gasteiger partial charge in [0.25, 0.3) is 0 Å². The Labute approximate surface area is 123 Å². The van der Waals surface area contributed by atoms with Crippen LogP contribution in [0.2, 0.25) is 0 Å². The summed E-state index contributed by atoms with van der Waals surface area (Å²) in [6.07, 6.45) is 3.91. The molecule has 0 bridgehead atoms. The van der Waals surface area contributed by atoms with Crippen LogP contribution in [0.1, 0.15) is 23.2 Å². The number of benzene rings is 1. The van der Waals surface area contributed by atoms with Gasteiger partial charge in [0.1, 0.15) is 5.69 Å². The Balaban J connectivity index is 1.91. The third-order valence-electron chi connectivity index (χ3n) is 3.83. The first-order valence-electron chi connectivity index (χ1n) is 7.03. The van der Waals surface area contributed by atoms with E-state index in [2.05, 4.69) is 39.3 Å². The molecule has 5 nitrogen and oxygen atoms in total. The van der Waals surface area contributed by atoms with Gasteiger partial charge < -0.3 is 15.8 Å². The Morgan fingerprint density at radius 1 is 1.24 bits per heavy atom. The van der Waals surface area contributed by atoms with Gasteiger partial charge in [0.2, 0.25) is 0 Å². The van der Waals surface area contributed by atoms with Crippen LogP contribution in [-0.2, 0) is 13.0 Å². The molecule has 0 saturated carbocycles. The predicted molar refractivity (Wildman–Crippen MR) is 82.6 cm³/mol. The van der Waals surface area contributed by atoms with Crippen molar-refractivity contribution in [3.63, 3.8) is 0 Å². The van der Waals surface area contributed by atoms with Gasteiger partial charge in [0.15, 0.2) is 5.84 Å². The van der Waals surface area contributed by atoms with Gasteiger partial charge in [-0.3, -0.25) is 4.98 Å². The molecule has 1 aliphatic heterocycles. The van der Waals surface area contributed by atoms with Gasteiger partial charge in [-0.1, -0.05) is 29.4 Å². The number of hydrogen-bond acceptors (Lipinski definition) is 4. The van der Waals surface area contributed by atoms with E-state index < -0.39 is 0 Å². The average molecular weight is 282 g/mol. The smallest absolute Gasteiger partial charge is 0.188 e. The van der Waals surface area contributed by atoms with Crippen LogP contribution < -0.4 is 10.6 Å². The van der Waals surface area contributed by atoms with Gasteiger partial charge in [-0.2, -0.15) is 0 Å². The van der Waals surface area contributed by atoms with Crippen LogP contribution in [-0.4, -0.2) is 22.6 Å². The Hall–Kier alpha value is -2.56. The van der Waals surface area contributed by atoms with Crippen molar-refractivity contribution in [1.82, 2.24) is 4.98 Å². The molecule has 0 atom stereocenters. The van der Waals surface area contributed by atoms with Crippen LogP contribution in [0.15, 0.2) is 47.8 Å². The van der Waals surface area contributed by atoms with Gasteiger partial charge >= 0.3 is 0 Å². The summed E-state index contributed by atoms with van der Waals surface area (Å²) in [7, 11) is 0. The second-order valence-corrected chi connectivity index (χ2v) is 5.18. The molecule has 2 aromatic rings. The van der Waals surface area contributed by atoms with Crippen molar-refractivity contribution in [3.8, 4) is 0 Å². The molecule has 3 N–H and O–H groups in total. The molecule has 2 heterocycles. The Morgan fingerprint density at radius 3 is 2.86 bits per heavy atom. The fraction of sp³-hybridized carbons (Fsp3) is 0.250. The number of nitrogens with zero attached hydrogens (tertiary/aromatic N) is 3. The number of nitrogens with two attached hydrogens (primary N) is 1. The largest absolute Gasteiger partial charge is 0.409 e. The number of oxime groups is 1. The lowest BCUT2D eigenvalue weighted by atomic mass is 10.0. The molecule has 1 aliphatic rings. The van der Waals surface area contributed by atoms with Gasteiger partial charge in [0, 0.05) is 25.0 Å². The van der Waals surface area contributed by atoms with Crippen molar-refractivity contribution in [3.05, 3.63) is 59.4 Å². The zero-order chi connectivity index (χ0) is 14.7. The number of amidine groups is 1. The second kappa shape index (κ2) is 5.83. The highest BCUT2D eigenvalue weighted by atomic mass is 16.4.